The molecule has 0 fully saturated rings. The third-order valence-corrected chi connectivity index (χ3v) is 2.74. The minimum Gasteiger partial charge on any atom is -0.490 e. The molecule has 0 radical (unpaired) electrons. The summed E-state index contributed by atoms with van der Waals surface area (Å²) in [6, 6.07) is 9.16. The molecule has 1 aromatic carbocycles. The van der Waals surface area contributed by atoms with E-state index >= 15 is 0 Å². The Bertz CT molecular complexity index is 629. The van der Waals surface area contributed by atoms with Crippen LogP contribution in [0, 0.1) is 0 Å². The van der Waals surface area contributed by atoms with Crippen LogP contribution in [0.4, 0.5) is 5.13 Å². The van der Waals surface area contributed by atoms with Gasteiger partial charge in [0.15, 0.2) is 11.7 Å². The van der Waals surface area contributed by atoms with Crippen LogP contribution in [0.2, 0.25) is 0 Å². The van der Waals surface area contributed by atoms with E-state index in [1.165, 1.54) is 0 Å². The first-order valence-electron chi connectivity index (χ1n) is 5.87. The van der Waals surface area contributed by atoms with Gasteiger partial charge in [-0.1, -0.05) is 23.4 Å². The molecule has 21 heavy (non-hydrogen) atoms. The molecule has 2 aromatic rings. The number of hydrogen-bond acceptors (Lipinski definition) is 8. The number of carboxylic acid groups (broad SMARTS) is 1. The van der Waals surface area contributed by atoms with E-state index in [0.717, 1.165) is 11.5 Å². The van der Waals surface area contributed by atoms with E-state index in [1.54, 1.807) is 12.1 Å². The second-order valence-electron chi connectivity index (χ2n) is 3.70. The van der Waals surface area contributed by atoms with Crippen molar-refractivity contribution in [3.8, 4) is 5.75 Å². The van der Waals surface area contributed by atoms with Crippen LogP contribution in [0.15, 0.2) is 35.5 Å². The predicted octanol–water partition coefficient (Wildman–Crippen LogP) is 1.00. The Balaban J connectivity index is 1.85. The summed E-state index contributed by atoms with van der Waals surface area (Å²) in [5, 5.41) is 12.7. The van der Waals surface area contributed by atoms with Crippen LogP contribution >= 0.6 is 11.5 Å². The average Bonchev–Trinajstić information content (AvgIpc) is 2.89. The van der Waals surface area contributed by atoms with Crippen molar-refractivity contribution in [3.63, 3.8) is 0 Å². The van der Waals surface area contributed by atoms with Gasteiger partial charge in [-0.25, -0.2) is 4.79 Å². The molecule has 3 N–H and O–H groups in total. The van der Waals surface area contributed by atoms with Crippen molar-refractivity contribution < 1.29 is 19.5 Å². The summed E-state index contributed by atoms with van der Waals surface area (Å²) in [5.74, 6) is -0.678. The standard InChI is InChI=1S/C12H12N4O4S/c13-12-14-10(16-21-12)9(11(17)18)15-20-7-6-19-8-4-2-1-3-5-8/h1-5H,6-7H2,(H,17,18)(H2,13,14,16). The van der Waals surface area contributed by atoms with Gasteiger partial charge in [0.05, 0.1) is 0 Å². The summed E-state index contributed by atoms with van der Waals surface area (Å²) in [4.78, 5) is 19.7. The van der Waals surface area contributed by atoms with Crippen LogP contribution in [-0.4, -0.2) is 39.4 Å². The smallest absolute Gasteiger partial charge is 0.362 e. The maximum absolute atomic E-state index is 11.0. The third-order valence-electron chi connectivity index (χ3n) is 2.20. The number of para-hydroxylation sites is 1. The van der Waals surface area contributed by atoms with Crippen LogP contribution in [0.3, 0.4) is 0 Å². The quantitative estimate of drug-likeness (QED) is 0.445. The number of nitrogens with two attached hydrogens (primary N) is 1. The molecule has 9 heteroatoms. The molecule has 2 rings (SSSR count). The lowest BCUT2D eigenvalue weighted by molar-refractivity contribution is -0.129. The fraction of sp³-hybridized carbons (Fsp3) is 0.167. The molecule has 0 bridgehead atoms. The lowest BCUT2D eigenvalue weighted by atomic mass is 10.3. The number of ether oxygens (including phenoxy) is 1. The largest absolute Gasteiger partial charge is 0.490 e. The molecular formula is C12H12N4O4S. The van der Waals surface area contributed by atoms with Crippen LogP contribution in [-0.2, 0) is 9.63 Å². The number of nitrogen functional groups attached to an aromatic ring is 1. The van der Waals surface area contributed by atoms with Crippen molar-refractivity contribution in [3.05, 3.63) is 36.2 Å². The predicted molar refractivity (Wildman–Crippen MR) is 76.4 cm³/mol. The summed E-state index contributed by atoms with van der Waals surface area (Å²) in [6.45, 7) is 0.318. The molecule has 1 aromatic heterocycles. The first-order valence-corrected chi connectivity index (χ1v) is 6.65. The maximum Gasteiger partial charge on any atom is 0.362 e. The normalized spacial score (nSPS) is 11.1. The lowest BCUT2D eigenvalue weighted by Crippen LogP contribution is -2.17. The SMILES string of the molecule is Nc1nc(C(=NOCCOc2ccccc2)C(=O)O)ns1. The molecule has 0 aliphatic rings. The van der Waals surface area contributed by atoms with Gasteiger partial charge in [0, 0.05) is 11.5 Å². The topological polar surface area (TPSA) is 120 Å². The fourth-order valence-electron chi connectivity index (χ4n) is 1.33. The van der Waals surface area contributed by atoms with Gasteiger partial charge in [-0.05, 0) is 12.1 Å². The second kappa shape index (κ2) is 7.20. The van der Waals surface area contributed by atoms with E-state index in [2.05, 4.69) is 14.5 Å². The Labute approximate surface area is 124 Å². The molecule has 0 unspecified atom stereocenters. The van der Waals surface area contributed by atoms with Gasteiger partial charge < -0.3 is 20.4 Å². The highest BCUT2D eigenvalue weighted by molar-refractivity contribution is 7.09. The first-order chi connectivity index (χ1) is 10.2. The van der Waals surface area contributed by atoms with Crippen LogP contribution in [0.5, 0.6) is 5.75 Å². The van der Waals surface area contributed by atoms with Crippen molar-refractivity contribution in [1.82, 2.24) is 9.36 Å². The molecule has 0 saturated carbocycles. The molecule has 8 nitrogen and oxygen atoms in total. The Morgan fingerprint density at radius 3 is 2.71 bits per heavy atom. The van der Waals surface area contributed by atoms with E-state index in [4.69, 9.17) is 20.4 Å². The number of aliphatic carboxylic acids is 1. The van der Waals surface area contributed by atoms with Gasteiger partial charge in [0.1, 0.15) is 12.4 Å². The summed E-state index contributed by atoms with van der Waals surface area (Å²) in [7, 11) is 0. The minimum absolute atomic E-state index is 0.0750. The van der Waals surface area contributed by atoms with E-state index in [-0.39, 0.29) is 24.2 Å². The second-order valence-corrected chi connectivity index (χ2v) is 4.48. The van der Waals surface area contributed by atoms with E-state index in [1.807, 2.05) is 18.2 Å². The molecule has 0 saturated heterocycles. The summed E-state index contributed by atoms with van der Waals surface area (Å²) >= 11 is 0.883. The number of oxime groups is 1. The highest BCUT2D eigenvalue weighted by Gasteiger charge is 2.18. The molecular weight excluding hydrogens is 296 g/mol. The van der Waals surface area contributed by atoms with Crippen LogP contribution in [0.25, 0.3) is 0 Å². The Kier molecular flexibility index (Phi) is 5.04. The summed E-state index contributed by atoms with van der Waals surface area (Å²) < 4.78 is 9.13. The molecule has 0 spiro atoms. The average molecular weight is 308 g/mol. The van der Waals surface area contributed by atoms with Gasteiger partial charge >= 0.3 is 5.97 Å². The minimum atomic E-state index is -1.29. The highest BCUT2D eigenvalue weighted by atomic mass is 32.1. The maximum atomic E-state index is 11.0. The lowest BCUT2D eigenvalue weighted by Gasteiger charge is -2.04. The van der Waals surface area contributed by atoms with Gasteiger partial charge in [-0.3, -0.25) is 0 Å². The number of aromatic nitrogens is 2. The molecule has 0 atom stereocenters. The Morgan fingerprint density at radius 2 is 2.10 bits per heavy atom. The zero-order valence-corrected chi connectivity index (χ0v) is 11.6. The van der Waals surface area contributed by atoms with E-state index in [9.17, 15) is 4.79 Å². The molecule has 1 heterocycles. The number of nitrogens with zero attached hydrogens (tertiary/aromatic N) is 3. The number of rotatable bonds is 7. The zero-order chi connectivity index (χ0) is 15.1. The van der Waals surface area contributed by atoms with E-state index < -0.39 is 11.7 Å². The van der Waals surface area contributed by atoms with Crippen molar-refractivity contribution in [1.29, 1.82) is 0 Å². The van der Waals surface area contributed by atoms with Gasteiger partial charge in [-0.2, -0.15) is 9.36 Å². The van der Waals surface area contributed by atoms with Crippen LogP contribution in [0.1, 0.15) is 5.82 Å². The van der Waals surface area contributed by atoms with Gasteiger partial charge in [-0.15, -0.1) is 0 Å². The Morgan fingerprint density at radius 1 is 1.33 bits per heavy atom. The van der Waals surface area contributed by atoms with Crippen molar-refractivity contribution in [2.24, 2.45) is 5.16 Å². The molecule has 0 aliphatic carbocycles. The van der Waals surface area contributed by atoms with Crippen molar-refractivity contribution >= 4 is 28.3 Å². The third kappa shape index (κ3) is 4.42. The monoisotopic (exact) mass is 308 g/mol. The highest BCUT2D eigenvalue weighted by Crippen LogP contribution is 2.08. The van der Waals surface area contributed by atoms with Crippen molar-refractivity contribution in [2.45, 2.75) is 0 Å². The first kappa shape index (κ1) is 14.7. The van der Waals surface area contributed by atoms with Crippen LogP contribution < -0.4 is 10.5 Å². The summed E-state index contributed by atoms with van der Waals surface area (Å²) in [6.07, 6.45) is 0. The molecule has 0 aliphatic heterocycles. The Hall–Kier alpha value is -2.68. The number of hydrogen-bond donors (Lipinski definition) is 2. The number of carboxylic acids is 1. The van der Waals surface area contributed by atoms with Gasteiger partial charge in [0.25, 0.3) is 0 Å². The number of anilines is 1. The number of benzene rings is 1. The van der Waals surface area contributed by atoms with Crippen molar-refractivity contribution in [2.75, 3.05) is 18.9 Å². The van der Waals surface area contributed by atoms with E-state index in [0.29, 0.717) is 5.75 Å². The summed E-state index contributed by atoms with van der Waals surface area (Å²) in [5.41, 5.74) is 4.99. The fourth-order valence-corrected chi connectivity index (χ4v) is 1.77. The zero-order valence-electron chi connectivity index (χ0n) is 10.8. The molecule has 0 amide bonds. The molecule has 110 valence electrons. The van der Waals surface area contributed by atoms with Gasteiger partial charge in [0.2, 0.25) is 11.5 Å². The number of carbonyl (C=O) groups is 1.